The van der Waals surface area contributed by atoms with Gasteiger partial charge in [0, 0.05) is 5.56 Å². The Morgan fingerprint density at radius 3 is 2.72 bits per heavy atom. The summed E-state index contributed by atoms with van der Waals surface area (Å²) in [5.41, 5.74) is 0.388. The average molecular weight is 391 g/mol. The van der Waals surface area contributed by atoms with Gasteiger partial charge >= 0.3 is 6.01 Å². The van der Waals surface area contributed by atoms with Crippen LogP contribution in [-0.4, -0.2) is 29.3 Å². The molecule has 0 fully saturated rings. The molecule has 1 N–H and O–H groups in total. The van der Waals surface area contributed by atoms with Crippen molar-refractivity contribution in [1.29, 1.82) is 0 Å². The Kier molecular flexibility index (Phi) is 3.98. The quantitative estimate of drug-likeness (QED) is 0.567. The Bertz CT molecular complexity index is 1290. The van der Waals surface area contributed by atoms with E-state index >= 15 is 0 Å². The van der Waals surface area contributed by atoms with Crippen LogP contribution >= 0.6 is 0 Å². The molecule has 9 heteroatoms. The number of rotatable bonds is 3. The number of carbonyl (C=O) groups is 1. The van der Waals surface area contributed by atoms with Gasteiger partial charge in [0.2, 0.25) is 11.3 Å². The Morgan fingerprint density at radius 2 is 1.83 bits per heavy atom. The third-order valence-corrected chi connectivity index (χ3v) is 4.36. The first-order valence-corrected chi connectivity index (χ1v) is 8.74. The molecule has 0 aliphatic carbocycles. The molecule has 1 aliphatic rings. The first-order valence-electron chi connectivity index (χ1n) is 8.74. The molecule has 1 aliphatic heterocycles. The Labute approximate surface area is 162 Å². The molecule has 9 nitrogen and oxygen atoms in total. The number of anilines is 1. The number of hydrogen-bond donors (Lipinski definition) is 1. The van der Waals surface area contributed by atoms with Gasteiger partial charge in [-0.05, 0) is 30.3 Å². The summed E-state index contributed by atoms with van der Waals surface area (Å²) in [5.74, 6) is 0.687. The molecule has 0 unspecified atom stereocenters. The van der Waals surface area contributed by atoms with Gasteiger partial charge in [-0.1, -0.05) is 17.2 Å². The van der Waals surface area contributed by atoms with Crippen molar-refractivity contribution in [3.05, 3.63) is 64.5 Å². The lowest BCUT2D eigenvalue weighted by Gasteiger charge is -2.18. The van der Waals surface area contributed by atoms with Crippen LogP contribution in [0, 0.1) is 0 Å². The molecule has 1 amide bonds. The van der Waals surface area contributed by atoms with Gasteiger partial charge in [0.05, 0.1) is 5.39 Å². The zero-order valence-electron chi connectivity index (χ0n) is 14.9. The van der Waals surface area contributed by atoms with Gasteiger partial charge in [0.25, 0.3) is 5.91 Å². The molecular weight excluding hydrogens is 378 g/mol. The maximum Gasteiger partial charge on any atom is 0.322 e. The lowest BCUT2D eigenvalue weighted by molar-refractivity contribution is 0.102. The summed E-state index contributed by atoms with van der Waals surface area (Å²) in [6, 6.07) is 11.7. The molecule has 144 valence electrons. The van der Waals surface area contributed by atoms with Crippen LogP contribution in [0.25, 0.3) is 22.4 Å². The number of nitrogens with zero attached hydrogens (tertiary/aromatic N) is 2. The first kappa shape index (κ1) is 17.0. The fourth-order valence-electron chi connectivity index (χ4n) is 2.97. The molecule has 2 aromatic heterocycles. The van der Waals surface area contributed by atoms with E-state index in [4.69, 9.17) is 18.3 Å². The van der Waals surface area contributed by atoms with E-state index in [0.717, 1.165) is 6.26 Å². The molecule has 0 spiro atoms. The van der Waals surface area contributed by atoms with Crippen LogP contribution in [0.15, 0.2) is 62.4 Å². The van der Waals surface area contributed by atoms with Crippen LogP contribution in [0.3, 0.4) is 0 Å². The molecule has 4 aromatic rings. The number of hydrogen-bond acceptors (Lipinski definition) is 8. The van der Waals surface area contributed by atoms with Gasteiger partial charge in [-0.3, -0.25) is 14.9 Å². The third-order valence-electron chi connectivity index (χ3n) is 4.36. The topological polar surface area (TPSA) is 117 Å². The van der Waals surface area contributed by atoms with Crippen LogP contribution in [0.1, 0.15) is 10.4 Å². The normalized spacial score (nSPS) is 12.7. The minimum absolute atomic E-state index is 0.146. The molecule has 0 saturated heterocycles. The van der Waals surface area contributed by atoms with Crippen molar-refractivity contribution in [3.8, 4) is 23.0 Å². The summed E-state index contributed by atoms with van der Waals surface area (Å²) in [5, 5.41) is 10.5. The molecular formula is C20H13N3O6. The number of amides is 1. The minimum Gasteiger partial charge on any atom is -0.486 e. The molecule has 3 heterocycles. The largest absolute Gasteiger partial charge is 0.486 e. The number of nitrogens with one attached hydrogen (secondary N) is 1. The molecule has 0 saturated carbocycles. The summed E-state index contributed by atoms with van der Waals surface area (Å²) < 4.78 is 21.9. The highest BCUT2D eigenvalue weighted by molar-refractivity contribution is 6.04. The van der Waals surface area contributed by atoms with E-state index in [1.165, 1.54) is 0 Å². The summed E-state index contributed by atoms with van der Waals surface area (Å²) in [6.45, 7) is 0.946. The van der Waals surface area contributed by atoms with Crippen molar-refractivity contribution >= 4 is 22.9 Å². The predicted molar refractivity (Wildman–Crippen MR) is 101 cm³/mol. The maximum absolute atomic E-state index is 12.5. The van der Waals surface area contributed by atoms with Gasteiger partial charge in [0.15, 0.2) is 11.5 Å². The van der Waals surface area contributed by atoms with Gasteiger partial charge < -0.3 is 18.3 Å². The van der Waals surface area contributed by atoms with E-state index < -0.39 is 11.3 Å². The number of fused-ring (bicyclic) bond motifs is 2. The molecule has 5 rings (SSSR count). The summed E-state index contributed by atoms with van der Waals surface area (Å²) >= 11 is 0. The highest BCUT2D eigenvalue weighted by atomic mass is 16.6. The predicted octanol–water partition coefficient (Wildman–Crippen LogP) is 2.87. The summed E-state index contributed by atoms with van der Waals surface area (Å²) in [7, 11) is 0. The minimum atomic E-state index is -0.707. The Morgan fingerprint density at radius 1 is 1.00 bits per heavy atom. The zero-order valence-corrected chi connectivity index (χ0v) is 14.9. The number of benzene rings is 2. The molecule has 0 radical (unpaired) electrons. The Hall–Kier alpha value is -4.14. The second-order valence-corrected chi connectivity index (χ2v) is 6.20. The number of para-hydroxylation sites is 1. The molecule has 2 aromatic carbocycles. The van der Waals surface area contributed by atoms with E-state index in [1.54, 1.807) is 42.5 Å². The highest BCUT2D eigenvalue weighted by Gasteiger charge is 2.19. The number of carbonyl (C=O) groups excluding carboxylic acids is 1. The van der Waals surface area contributed by atoms with E-state index in [1.807, 2.05) is 0 Å². The van der Waals surface area contributed by atoms with Crippen LogP contribution in [0.2, 0.25) is 0 Å². The lowest BCUT2D eigenvalue weighted by Crippen LogP contribution is -2.21. The number of aromatic nitrogens is 2. The summed E-state index contributed by atoms with van der Waals surface area (Å²) in [6.07, 6.45) is 1.11. The first-order chi connectivity index (χ1) is 14.2. The van der Waals surface area contributed by atoms with Crippen LogP contribution in [0.5, 0.6) is 11.5 Å². The number of ether oxygens (including phenoxy) is 2. The van der Waals surface area contributed by atoms with Gasteiger partial charge in [-0.2, -0.15) is 0 Å². The SMILES string of the molecule is O=C(Nc1nnc(-c2ccc3c(c2)OCCO3)o1)c1coc2ccccc2c1=O. The third kappa shape index (κ3) is 3.08. The van der Waals surface area contributed by atoms with Crippen molar-refractivity contribution in [3.63, 3.8) is 0 Å². The molecule has 0 atom stereocenters. The fraction of sp³-hybridized carbons (Fsp3) is 0.100. The van der Waals surface area contributed by atoms with Crippen LogP contribution < -0.4 is 20.2 Å². The van der Waals surface area contributed by atoms with E-state index in [-0.39, 0.29) is 17.5 Å². The monoisotopic (exact) mass is 391 g/mol. The second kappa shape index (κ2) is 6.79. The zero-order chi connectivity index (χ0) is 19.8. The smallest absolute Gasteiger partial charge is 0.322 e. The van der Waals surface area contributed by atoms with Crippen LogP contribution in [0.4, 0.5) is 6.01 Å². The summed E-state index contributed by atoms with van der Waals surface area (Å²) in [4.78, 5) is 25.0. The van der Waals surface area contributed by atoms with E-state index in [0.29, 0.717) is 41.2 Å². The van der Waals surface area contributed by atoms with Crippen molar-refractivity contribution in [2.45, 2.75) is 0 Å². The molecule has 29 heavy (non-hydrogen) atoms. The lowest BCUT2D eigenvalue weighted by atomic mass is 10.1. The van der Waals surface area contributed by atoms with Crippen LogP contribution in [-0.2, 0) is 0 Å². The van der Waals surface area contributed by atoms with Gasteiger partial charge in [0.1, 0.15) is 30.6 Å². The van der Waals surface area contributed by atoms with E-state index in [2.05, 4.69) is 15.5 Å². The van der Waals surface area contributed by atoms with E-state index in [9.17, 15) is 9.59 Å². The van der Waals surface area contributed by atoms with Gasteiger partial charge in [-0.15, -0.1) is 5.10 Å². The fourth-order valence-corrected chi connectivity index (χ4v) is 2.97. The van der Waals surface area contributed by atoms with Crippen molar-refractivity contribution in [1.82, 2.24) is 10.2 Å². The van der Waals surface area contributed by atoms with Crippen molar-refractivity contribution in [2.24, 2.45) is 0 Å². The Balaban J connectivity index is 1.40. The standard InChI is InChI=1S/C20H13N3O6/c24-17-12-3-1-2-4-14(12)28-10-13(17)18(25)21-20-23-22-19(29-20)11-5-6-15-16(9-11)27-8-7-26-15/h1-6,9-10H,7-8H2,(H,21,23,25). The maximum atomic E-state index is 12.5. The second-order valence-electron chi connectivity index (χ2n) is 6.20. The highest BCUT2D eigenvalue weighted by Crippen LogP contribution is 2.34. The van der Waals surface area contributed by atoms with Crippen molar-refractivity contribution < 1.29 is 23.1 Å². The average Bonchev–Trinajstić information content (AvgIpc) is 3.22. The van der Waals surface area contributed by atoms with Crippen molar-refractivity contribution in [2.75, 3.05) is 18.5 Å². The van der Waals surface area contributed by atoms with Gasteiger partial charge in [-0.25, -0.2) is 0 Å². The molecule has 0 bridgehead atoms.